The van der Waals surface area contributed by atoms with E-state index in [9.17, 15) is 0 Å². The molecule has 110 heavy (non-hydrogen) atoms. The quantitative estimate of drug-likeness (QED) is 0.149. The first-order valence-corrected chi connectivity index (χ1v) is 37.8. The van der Waals surface area contributed by atoms with E-state index in [-0.39, 0.29) is 0 Å². The second-order valence-corrected chi connectivity index (χ2v) is 28.7. The van der Waals surface area contributed by atoms with E-state index >= 15 is 0 Å². The van der Waals surface area contributed by atoms with Gasteiger partial charge >= 0.3 is 0 Å². The van der Waals surface area contributed by atoms with E-state index < -0.39 is 0 Å². The van der Waals surface area contributed by atoms with Gasteiger partial charge in [0.2, 0.25) is 0 Å². The molecule has 21 aromatic carbocycles. The van der Waals surface area contributed by atoms with E-state index in [0.29, 0.717) is 0 Å². The van der Waals surface area contributed by atoms with Crippen LogP contribution in [0.5, 0.6) is 0 Å². The third kappa shape index (κ3) is 10.9. The molecule has 2 heteroatoms. The first kappa shape index (κ1) is 64.0. The van der Waals surface area contributed by atoms with Crippen LogP contribution in [0.25, 0.3) is 219 Å². The standard InChI is InChI=1S/C40H26.C36H22O.C32H20O/c1-2-12-31-26-32(25-22-27(31)10-1)28-20-23-30(24-21-28)39-35-15-5-7-17-37(35)40(38-18-8-6-16-36(38)39)34-19-9-13-29-11-3-4-14-33(29)34;1-2-10-23(11-3-1)35-27-14-6-8-16-29(27)36(30-17-9-7-15-28(30)35)26-18-19-33-31(21-26)32-20-24-12-4-5-13-25(24)22-34(32)37-33;1-2-10-21(11-3-1)31-24-13-4-6-15-26(24)32(27-16-7-5-14-25(27)31)22-18-19-30-28(20-22)23-12-8-9-17-29(23)33-30/h1-26H;1-22H;1-20H. The molecule has 23 aromatic rings. The molecule has 0 N–H and O–H groups in total. The molecular formula is C108H68O2. The van der Waals surface area contributed by atoms with Gasteiger partial charge < -0.3 is 8.83 Å². The first-order chi connectivity index (χ1) is 54.6. The van der Waals surface area contributed by atoms with E-state index in [1.165, 1.54) is 175 Å². The zero-order valence-electron chi connectivity index (χ0n) is 60.1. The van der Waals surface area contributed by atoms with Gasteiger partial charge in [-0.05, 0) is 223 Å². The third-order valence-corrected chi connectivity index (χ3v) is 22.5. The Hall–Kier alpha value is -14.4. The molecule has 2 aromatic heterocycles. The Labute approximate surface area is 635 Å². The van der Waals surface area contributed by atoms with Gasteiger partial charge in [0, 0.05) is 21.5 Å². The van der Waals surface area contributed by atoms with Crippen molar-refractivity contribution in [3.63, 3.8) is 0 Å². The van der Waals surface area contributed by atoms with Crippen LogP contribution in [-0.4, -0.2) is 0 Å². The maximum Gasteiger partial charge on any atom is 0.136 e. The Bertz CT molecular complexity index is 7390. The van der Waals surface area contributed by atoms with Crippen molar-refractivity contribution in [1.82, 2.24) is 0 Å². The Morgan fingerprint density at radius 1 is 0.118 bits per heavy atom. The molecule has 0 saturated heterocycles. The average molecular weight is 1400 g/mol. The van der Waals surface area contributed by atoms with Gasteiger partial charge in [-0.25, -0.2) is 0 Å². The maximum absolute atomic E-state index is 6.30. The molecule has 0 aliphatic rings. The highest BCUT2D eigenvalue weighted by molar-refractivity contribution is 6.26. The summed E-state index contributed by atoms with van der Waals surface area (Å²) in [6, 6.07) is 149. The highest BCUT2D eigenvalue weighted by atomic mass is 16.3. The van der Waals surface area contributed by atoms with Crippen LogP contribution in [0.2, 0.25) is 0 Å². The topological polar surface area (TPSA) is 26.3 Å². The van der Waals surface area contributed by atoms with E-state index in [4.69, 9.17) is 8.83 Å². The van der Waals surface area contributed by atoms with E-state index in [1.807, 2.05) is 12.1 Å². The Morgan fingerprint density at radius 3 is 0.882 bits per heavy atom. The van der Waals surface area contributed by atoms with Crippen molar-refractivity contribution in [3.05, 3.63) is 413 Å². The fourth-order valence-electron chi connectivity index (χ4n) is 17.6. The average Bonchev–Trinajstić information content (AvgIpc) is 0.939. The number of furan rings is 2. The third-order valence-electron chi connectivity index (χ3n) is 22.5. The molecule has 0 spiro atoms. The molecule has 0 amide bonds. The van der Waals surface area contributed by atoms with Gasteiger partial charge in [-0.3, -0.25) is 0 Å². The summed E-state index contributed by atoms with van der Waals surface area (Å²) in [5.41, 5.74) is 21.3. The van der Waals surface area contributed by atoms with Crippen LogP contribution < -0.4 is 0 Å². The fraction of sp³-hybridized carbons (Fsp3) is 0. The predicted molar refractivity (Wildman–Crippen MR) is 469 cm³/mol. The number of hydrogen-bond acceptors (Lipinski definition) is 2. The van der Waals surface area contributed by atoms with Crippen LogP contribution in [0.3, 0.4) is 0 Å². The van der Waals surface area contributed by atoms with Gasteiger partial charge in [0.05, 0.1) is 0 Å². The van der Waals surface area contributed by atoms with E-state index in [0.717, 1.165) is 43.9 Å². The first-order valence-electron chi connectivity index (χ1n) is 37.8. The molecule has 0 aliphatic heterocycles. The predicted octanol–water partition coefficient (Wildman–Crippen LogP) is 30.9. The minimum Gasteiger partial charge on any atom is -0.456 e. The van der Waals surface area contributed by atoms with Gasteiger partial charge in [0.15, 0.2) is 0 Å². The Balaban J connectivity index is 0.000000105. The van der Waals surface area contributed by atoms with Gasteiger partial charge in [0.1, 0.15) is 22.3 Å². The molecule has 23 rings (SSSR count). The molecular weight excluding hydrogens is 1330 g/mol. The summed E-state index contributed by atoms with van der Waals surface area (Å²) in [5, 5.41) is 27.4. The molecule has 0 unspecified atom stereocenters. The van der Waals surface area contributed by atoms with Crippen molar-refractivity contribution in [2.75, 3.05) is 0 Å². The van der Waals surface area contributed by atoms with Crippen molar-refractivity contribution in [2.45, 2.75) is 0 Å². The molecule has 0 aliphatic carbocycles. The van der Waals surface area contributed by atoms with Crippen LogP contribution in [-0.2, 0) is 0 Å². The lowest BCUT2D eigenvalue weighted by molar-refractivity contribution is 0.669. The van der Waals surface area contributed by atoms with E-state index in [1.54, 1.807) is 0 Å². The second kappa shape index (κ2) is 26.9. The molecule has 0 saturated carbocycles. The summed E-state index contributed by atoms with van der Waals surface area (Å²) < 4.78 is 12.4. The maximum atomic E-state index is 6.30. The highest BCUT2D eigenvalue weighted by Gasteiger charge is 2.23. The van der Waals surface area contributed by atoms with E-state index in [2.05, 4.69) is 400 Å². The summed E-state index contributed by atoms with van der Waals surface area (Å²) in [6.07, 6.45) is 0. The monoisotopic (exact) mass is 1400 g/mol. The number of fused-ring (bicyclic) bond motifs is 15. The summed E-state index contributed by atoms with van der Waals surface area (Å²) in [5.74, 6) is 0. The molecule has 2 nitrogen and oxygen atoms in total. The van der Waals surface area contributed by atoms with Crippen LogP contribution in [0.1, 0.15) is 0 Å². The number of hydrogen-bond donors (Lipinski definition) is 0. The lowest BCUT2D eigenvalue weighted by Crippen LogP contribution is -1.91. The largest absolute Gasteiger partial charge is 0.456 e. The van der Waals surface area contributed by atoms with Crippen molar-refractivity contribution < 1.29 is 8.83 Å². The van der Waals surface area contributed by atoms with Crippen molar-refractivity contribution in [3.8, 4) is 77.9 Å². The minimum absolute atomic E-state index is 0.920. The smallest absolute Gasteiger partial charge is 0.136 e. The molecule has 2 heterocycles. The van der Waals surface area contributed by atoms with Crippen LogP contribution in [0.15, 0.2) is 421 Å². The summed E-state index contributed by atoms with van der Waals surface area (Å²) >= 11 is 0. The fourth-order valence-corrected chi connectivity index (χ4v) is 17.6. The molecule has 0 bridgehead atoms. The van der Waals surface area contributed by atoms with Gasteiger partial charge in [-0.15, -0.1) is 0 Å². The molecule has 0 radical (unpaired) electrons. The summed E-state index contributed by atoms with van der Waals surface area (Å²) in [4.78, 5) is 0. The summed E-state index contributed by atoms with van der Waals surface area (Å²) in [6.45, 7) is 0. The molecule has 0 atom stereocenters. The molecule has 512 valence electrons. The van der Waals surface area contributed by atoms with Crippen LogP contribution in [0, 0.1) is 0 Å². The SMILES string of the molecule is c1ccc(-c2c3ccccc3c(-c3ccc4oc5cc6ccccc6cc5c4c3)c3ccccc23)cc1.c1ccc(-c2c3ccccc3c(-c3ccc4oc5ccccc5c4c3)c3ccccc23)cc1.c1ccc2cc(-c3ccc(-c4c5ccccc5c(-c5cccc6ccccc56)c5ccccc45)cc3)ccc2c1. The van der Waals surface area contributed by atoms with Gasteiger partial charge in [-0.2, -0.15) is 0 Å². The number of benzene rings is 21. The number of para-hydroxylation sites is 1. The number of rotatable bonds is 7. The van der Waals surface area contributed by atoms with Crippen molar-refractivity contribution in [1.29, 1.82) is 0 Å². The second-order valence-electron chi connectivity index (χ2n) is 28.7. The van der Waals surface area contributed by atoms with Crippen molar-refractivity contribution in [2.24, 2.45) is 0 Å². The van der Waals surface area contributed by atoms with Crippen LogP contribution >= 0.6 is 0 Å². The van der Waals surface area contributed by atoms with Gasteiger partial charge in [-0.1, -0.05) is 364 Å². The molecule has 0 fully saturated rings. The lowest BCUT2D eigenvalue weighted by atomic mass is 9.84. The summed E-state index contributed by atoms with van der Waals surface area (Å²) in [7, 11) is 0. The highest BCUT2D eigenvalue weighted by Crippen LogP contribution is 2.50. The van der Waals surface area contributed by atoms with Crippen molar-refractivity contribution >= 4 is 141 Å². The van der Waals surface area contributed by atoms with Crippen LogP contribution in [0.4, 0.5) is 0 Å². The normalized spacial score (nSPS) is 11.6. The van der Waals surface area contributed by atoms with Gasteiger partial charge in [0.25, 0.3) is 0 Å². The Morgan fingerprint density at radius 2 is 0.409 bits per heavy atom. The zero-order valence-corrected chi connectivity index (χ0v) is 60.1. The minimum atomic E-state index is 0.920. The Kier molecular flexibility index (Phi) is 15.6. The lowest BCUT2D eigenvalue weighted by Gasteiger charge is -2.19. The zero-order chi connectivity index (χ0) is 72.6.